The van der Waals surface area contributed by atoms with E-state index in [1.165, 1.54) is 0 Å². The Bertz CT molecular complexity index is 247. The van der Waals surface area contributed by atoms with Crippen molar-refractivity contribution >= 4 is 6.09 Å². The van der Waals surface area contributed by atoms with Crippen LogP contribution in [0.25, 0.3) is 0 Å². The van der Waals surface area contributed by atoms with Gasteiger partial charge in [0.15, 0.2) is 0 Å². The molecule has 4 heteroatoms. The standard InChI is InChI=1S/C12H23NO3/c1-5-10(14)9-6-7-13(8-9)11(15)16-12(2,3)4/h9-10,14H,5-8H2,1-4H3. The van der Waals surface area contributed by atoms with Crippen molar-refractivity contribution in [2.75, 3.05) is 13.1 Å². The highest BCUT2D eigenvalue weighted by Crippen LogP contribution is 2.23. The SMILES string of the molecule is CCC(O)C1CCN(C(=O)OC(C)(C)C)C1. The Morgan fingerprint density at radius 3 is 2.69 bits per heavy atom. The molecule has 1 saturated heterocycles. The molecule has 0 aliphatic carbocycles. The van der Waals surface area contributed by atoms with Gasteiger partial charge >= 0.3 is 6.09 Å². The summed E-state index contributed by atoms with van der Waals surface area (Å²) in [6, 6.07) is 0. The lowest BCUT2D eigenvalue weighted by Crippen LogP contribution is -2.36. The minimum atomic E-state index is -0.446. The van der Waals surface area contributed by atoms with Crippen LogP contribution in [0.3, 0.4) is 0 Å². The van der Waals surface area contributed by atoms with Crippen LogP contribution in [0.15, 0.2) is 0 Å². The summed E-state index contributed by atoms with van der Waals surface area (Å²) in [7, 11) is 0. The van der Waals surface area contributed by atoms with Gasteiger partial charge in [-0.05, 0) is 33.6 Å². The molecular formula is C12H23NO3. The minimum absolute atomic E-state index is 0.206. The molecule has 0 radical (unpaired) electrons. The molecule has 0 saturated carbocycles. The third-order valence-corrected chi connectivity index (χ3v) is 2.84. The van der Waals surface area contributed by atoms with Crippen LogP contribution in [0.1, 0.15) is 40.5 Å². The lowest BCUT2D eigenvalue weighted by Gasteiger charge is -2.24. The highest BCUT2D eigenvalue weighted by atomic mass is 16.6. The molecule has 0 bridgehead atoms. The number of aliphatic hydroxyl groups is 1. The van der Waals surface area contributed by atoms with Crippen LogP contribution in [0.4, 0.5) is 4.79 Å². The fourth-order valence-electron chi connectivity index (χ4n) is 1.93. The molecule has 1 fully saturated rings. The van der Waals surface area contributed by atoms with E-state index in [1.807, 2.05) is 27.7 Å². The van der Waals surface area contributed by atoms with E-state index in [2.05, 4.69) is 0 Å². The van der Waals surface area contributed by atoms with Gasteiger partial charge in [0.05, 0.1) is 6.10 Å². The first kappa shape index (κ1) is 13.3. The van der Waals surface area contributed by atoms with E-state index in [0.29, 0.717) is 13.1 Å². The van der Waals surface area contributed by atoms with Crippen LogP contribution in [-0.4, -0.2) is 40.9 Å². The maximum atomic E-state index is 11.7. The summed E-state index contributed by atoms with van der Waals surface area (Å²) < 4.78 is 5.29. The van der Waals surface area contributed by atoms with Crippen LogP contribution in [-0.2, 0) is 4.74 Å². The molecule has 0 aromatic carbocycles. The van der Waals surface area contributed by atoms with Gasteiger partial charge in [-0.2, -0.15) is 0 Å². The van der Waals surface area contributed by atoms with E-state index < -0.39 is 5.60 Å². The second kappa shape index (κ2) is 5.04. The topological polar surface area (TPSA) is 49.8 Å². The highest BCUT2D eigenvalue weighted by Gasteiger charge is 2.32. The summed E-state index contributed by atoms with van der Waals surface area (Å²) >= 11 is 0. The maximum Gasteiger partial charge on any atom is 0.410 e. The summed E-state index contributed by atoms with van der Waals surface area (Å²) in [5.41, 5.74) is -0.446. The molecule has 16 heavy (non-hydrogen) atoms. The number of carbonyl (C=O) groups excluding carboxylic acids is 1. The average molecular weight is 229 g/mol. The number of nitrogens with zero attached hydrogens (tertiary/aromatic N) is 1. The number of amides is 1. The van der Waals surface area contributed by atoms with E-state index in [-0.39, 0.29) is 18.1 Å². The summed E-state index contributed by atoms with van der Waals surface area (Å²) in [5.74, 6) is 0.206. The maximum absolute atomic E-state index is 11.7. The lowest BCUT2D eigenvalue weighted by molar-refractivity contribution is 0.0268. The van der Waals surface area contributed by atoms with Crippen molar-refractivity contribution < 1.29 is 14.6 Å². The predicted molar refractivity (Wildman–Crippen MR) is 62.2 cm³/mol. The van der Waals surface area contributed by atoms with E-state index in [1.54, 1.807) is 4.90 Å². The van der Waals surface area contributed by atoms with Crippen molar-refractivity contribution in [3.63, 3.8) is 0 Å². The van der Waals surface area contributed by atoms with Gasteiger partial charge in [-0.25, -0.2) is 4.79 Å². The zero-order chi connectivity index (χ0) is 12.3. The lowest BCUT2D eigenvalue weighted by atomic mass is 10.00. The van der Waals surface area contributed by atoms with Gasteiger partial charge in [0.1, 0.15) is 5.60 Å². The molecule has 0 aromatic rings. The molecule has 2 unspecified atom stereocenters. The summed E-state index contributed by atoms with van der Waals surface area (Å²) in [5, 5.41) is 9.71. The first-order valence-corrected chi connectivity index (χ1v) is 5.99. The third-order valence-electron chi connectivity index (χ3n) is 2.84. The number of rotatable bonds is 2. The van der Waals surface area contributed by atoms with Crippen molar-refractivity contribution in [1.82, 2.24) is 4.90 Å². The van der Waals surface area contributed by atoms with E-state index in [0.717, 1.165) is 12.8 Å². The second-order valence-electron chi connectivity index (χ2n) is 5.45. The van der Waals surface area contributed by atoms with E-state index in [9.17, 15) is 9.90 Å². The van der Waals surface area contributed by atoms with Crippen LogP contribution in [0, 0.1) is 5.92 Å². The highest BCUT2D eigenvalue weighted by molar-refractivity contribution is 5.68. The normalized spacial score (nSPS) is 23.3. The van der Waals surface area contributed by atoms with Crippen LogP contribution in [0.5, 0.6) is 0 Å². The van der Waals surface area contributed by atoms with Gasteiger partial charge in [0, 0.05) is 19.0 Å². The number of aliphatic hydroxyl groups excluding tert-OH is 1. The van der Waals surface area contributed by atoms with Gasteiger partial charge < -0.3 is 14.7 Å². The van der Waals surface area contributed by atoms with E-state index >= 15 is 0 Å². The number of hydrogen-bond acceptors (Lipinski definition) is 3. The second-order valence-corrected chi connectivity index (χ2v) is 5.45. The molecule has 2 atom stereocenters. The van der Waals surface area contributed by atoms with Crippen LogP contribution < -0.4 is 0 Å². The predicted octanol–water partition coefficient (Wildman–Crippen LogP) is 2.01. The number of ether oxygens (including phenoxy) is 1. The van der Waals surface area contributed by atoms with Crippen molar-refractivity contribution in [3.05, 3.63) is 0 Å². The quantitative estimate of drug-likeness (QED) is 0.788. The first-order chi connectivity index (χ1) is 7.33. The fraction of sp³-hybridized carbons (Fsp3) is 0.917. The van der Waals surface area contributed by atoms with Gasteiger partial charge in [-0.15, -0.1) is 0 Å². The molecule has 1 N–H and O–H groups in total. The Hall–Kier alpha value is -0.770. The largest absolute Gasteiger partial charge is 0.444 e. The fourth-order valence-corrected chi connectivity index (χ4v) is 1.93. The van der Waals surface area contributed by atoms with Crippen molar-refractivity contribution in [2.45, 2.75) is 52.2 Å². The van der Waals surface area contributed by atoms with Gasteiger partial charge in [-0.1, -0.05) is 6.92 Å². The molecule has 1 amide bonds. The molecule has 0 spiro atoms. The molecule has 94 valence electrons. The van der Waals surface area contributed by atoms with E-state index in [4.69, 9.17) is 4.74 Å². The van der Waals surface area contributed by atoms with Crippen molar-refractivity contribution in [1.29, 1.82) is 0 Å². The molecule has 4 nitrogen and oxygen atoms in total. The molecule has 0 aromatic heterocycles. The van der Waals surface area contributed by atoms with Gasteiger partial charge in [-0.3, -0.25) is 0 Å². The average Bonchev–Trinajstić information content (AvgIpc) is 2.62. The first-order valence-electron chi connectivity index (χ1n) is 5.99. The molecular weight excluding hydrogens is 206 g/mol. The Morgan fingerprint density at radius 1 is 1.56 bits per heavy atom. The minimum Gasteiger partial charge on any atom is -0.444 e. The molecule has 1 rings (SSSR count). The third kappa shape index (κ3) is 3.67. The van der Waals surface area contributed by atoms with Gasteiger partial charge in [0.25, 0.3) is 0 Å². The zero-order valence-corrected chi connectivity index (χ0v) is 10.7. The van der Waals surface area contributed by atoms with Crippen molar-refractivity contribution in [2.24, 2.45) is 5.92 Å². The summed E-state index contributed by atoms with van der Waals surface area (Å²) in [4.78, 5) is 13.4. The Balaban J connectivity index is 2.44. The molecule has 1 aliphatic heterocycles. The Kier molecular flexibility index (Phi) is 4.19. The Labute approximate surface area is 97.6 Å². The number of likely N-dealkylation sites (tertiary alicyclic amines) is 1. The molecule has 1 heterocycles. The summed E-state index contributed by atoms with van der Waals surface area (Å²) in [6.45, 7) is 8.85. The monoisotopic (exact) mass is 229 g/mol. The molecule has 1 aliphatic rings. The van der Waals surface area contributed by atoms with Gasteiger partial charge in [0.2, 0.25) is 0 Å². The number of hydrogen-bond donors (Lipinski definition) is 1. The smallest absolute Gasteiger partial charge is 0.410 e. The summed E-state index contributed by atoms with van der Waals surface area (Å²) in [6.07, 6.45) is 1.05. The number of carbonyl (C=O) groups is 1. The Morgan fingerprint density at radius 2 is 2.19 bits per heavy atom. The zero-order valence-electron chi connectivity index (χ0n) is 10.7. The van der Waals surface area contributed by atoms with Crippen LogP contribution in [0.2, 0.25) is 0 Å². The van der Waals surface area contributed by atoms with Crippen LogP contribution >= 0.6 is 0 Å². The van der Waals surface area contributed by atoms with Crippen molar-refractivity contribution in [3.8, 4) is 0 Å².